The SMILES string of the molecule is CCOC(=O)C(CC(C)(C)C)CC(C)(C)C. The summed E-state index contributed by atoms with van der Waals surface area (Å²) in [6.07, 6.45) is 1.78. The van der Waals surface area contributed by atoms with Gasteiger partial charge in [-0.1, -0.05) is 41.5 Å². The summed E-state index contributed by atoms with van der Waals surface area (Å²) in [5, 5.41) is 0. The molecule has 0 aliphatic rings. The minimum atomic E-state index is -0.0349. The average molecular weight is 228 g/mol. The van der Waals surface area contributed by atoms with Crippen molar-refractivity contribution in [2.24, 2.45) is 16.7 Å². The molecule has 96 valence electrons. The number of carbonyl (C=O) groups excluding carboxylic acids is 1. The Bertz CT molecular complexity index is 202. The van der Waals surface area contributed by atoms with Gasteiger partial charge in [-0.2, -0.15) is 0 Å². The highest BCUT2D eigenvalue weighted by atomic mass is 16.5. The highest BCUT2D eigenvalue weighted by Crippen LogP contribution is 2.33. The Morgan fingerprint density at radius 2 is 1.38 bits per heavy atom. The lowest BCUT2D eigenvalue weighted by Gasteiger charge is -2.29. The van der Waals surface area contributed by atoms with E-state index in [2.05, 4.69) is 41.5 Å². The number of esters is 1. The van der Waals surface area contributed by atoms with Gasteiger partial charge in [-0.25, -0.2) is 0 Å². The summed E-state index contributed by atoms with van der Waals surface area (Å²) in [7, 11) is 0. The lowest BCUT2D eigenvalue weighted by Crippen LogP contribution is -2.27. The summed E-state index contributed by atoms with van der Waals surface area (Å²) >= 11 is 0. The third kappa shape index (κ3) is 7.72. The maximum atomic E-state index is 11.9. The van der Waals surface area contributed by atoms with Crippen LogP contribution < -0.4 is 0 Å². The molecular formula is C14H28O2. The third-order valence-electron chi connectivity index (χ3n) is 2.34. The van der Waals surface area contributed by atoms with Gasteiger partial charge in [0.15, 0.2) is 0 Å². The van der Waals surface area contributed by atoms with Gasteiger partial charge in [-0.3, -0.25) is 4.79 Å². The van der Waals surface area contributed by atoms with Gasteiger partial charge < -0.3 is 4.74 Å². The normalized spacial score (nSPS) is 13.0. The van der Waals surface area contributed by atoms with Crippen molar-refractivity contribution in [3.8, 4) is 0 Å². The third-order valence-corrected chi connectivity index (χ3v) is 2.34. The molecule has 0 unspecified atom stereocenters. The minimum absolute atomic E-state index is 0.0277. The van der Waals surface area contributed by atoms with E-state index < -0.39 is 0 Å². The van der Waals surface area contributed by atoms with Crippen molar-refractivity contribution in [1.82, 2.24) is 0 Å². The van der Waals surface area contributed by atoms with E-state index in [4.69, 9.17) is 4.74 Å². The Balaban J connectivity index is 4.57. The molecular weight excluding hydrogens is 200 g/mol. The van der Waals surface area contributed by atoms with Crippen LogP contribution in [0.5, 0.6) is 0 Å². The molecule has 0 aromatic carbocycles. The first-order chi connectivity index (χ1) is 7.05. The number of ether oxygens (including phenoxy) is 1. The first-order valence-corrected chi connectivity index (χ1v) is 6.22. The van der Waals surface area contributed by atoms with Crippen molar-refractivity contribution in [3.63, 3.8) is 0 Å². The van der Waals surface area contributed by atoms with E-state index in [1.54, 1.807) is 0 Å². The molecule has 0 amide bonds. The monoisotopic (exact) mass is 228 g/mol. The lowest BCUT2D eigenvalue weighted by molar-refractivity contribution is -0.150. The molecule has 0 aliphatic heterocycles. The number of hydrogen-bond donors (Lipinski definition) is 0. The maximum Gasteiger partial charge on any atom is 0.308 e. The molecule has 0 heterocycles. The average Bonchev–Trinajstić information content (AvgIpc) is 1.97. The second-order valence-corrected chi connectivity index (χ2v) is 6.98. The predicted molar refractivity (Wildman–Crippen MR) is 68.3 cm³/mol. The summed E-state index contributed by atoms with van der Waals surface area (Å²) < 4.78 is 5.16. The summed E-state index contributed by atoms with van der Waals surface area (Å²) in [6, 6.07) is 0. The predicted octanol–water partition coefficient (Wildman–Crippen LogP) is 4.04. The highest BCUT2D eigenvalue weighted by Gasteiger charge is 2.29. The second-order valence-electron chi connectivity index (χ2n) is 6.98. The topological polar surface area (TPSA) is 26.3 Å². The van der Waals surface area contributed by atoms with E-state index in [1.165, 1.54) is 0 Å². The van der Waals surface area contributed by atoms with Crippen molar-refractivity contribution in [1.29, 1.82) is 0 Å². The van der Waals surface area contributed by atoms with Gasteiger partial charge in [0.25, 0.3) is 0 Å². The standard InChI is InChI=1S/C14H28O2/c1-8-16-12(15)11(9-13(2,3)4)10-14(5,6)7/h11H,8-10H2,1-7H3. The molecule has 0 spiro atoms. The van der Waals surface area contributed by atoms with Crippen LogP contribution in [0.3, 0.4) is 0 Å². The van der Waals surface area contributed by atoms with Crippen LogP contribution in [0.15, 0.2) is 0 Å². The van der Waals surface area contributed by atoms with Crippen LogP contribution in [0.25, 0.3) is 0 Å². The first kappa shape index (κ1) is 15.5. The van der Waals surface area contributed by atoms with Crippen molar-refractivity contribution in [2.45, 2.75) is 61.3 Å². The van der Waals surface area contributed by atoms with Gasteiger partial charge >= 0.3 is 5.97 Å². The Labute approximate surface area is 101 Å². The Hall–Kier alpha value is -0.530. The molecule has 0 saturated carbocycles. The van der Waals surface area contributed by atoms with Crippen LogP contribution in [0.1, 0.15) is 61.3 Å². The molecule has 0 fully saturated rings. The smallest absolute Gasteiger partial charge is 0.308 e. The van der Waals surface area contributed by atoms with Gasteiger partial charge in [0.05, 0.1) is 12.5 Å². The number of hydrogen-bond acceptors (Lipinski definition) is 2. The van der Waals surface area contributed by atoms with E-state index in [0.29, 0.717) is 6.61 Å². The van der Waals surface area contributed by atoms with E-state index in [0.717, 1.165) is 12.8 Å². The maximum absolute atomic E-state index is 11.9. The van der Waals surface area contributed by atoms with Crippen molar-refractivity contribution in [3.05, 3.63) is 0 Å². The van der Waals surface area contributed by atoms with E-state index in [-0.39, 0.29) is 22.7 Å². The molecule has 0 aromatic rings. The fraction of sp³-hybridized carbons (Fsp3) is 0.929. The van der Waals surface area contributed by atoms with Gasteiger partial charge in [-0.05, 0) is 30.6 Å². The zero-order valence-corrected chi connectivity index (χ0v) is 12.0. The molecule has 0 N–H and O–H groups in total. The summed E-state index contributed by atoms with van der Waals surface area (Å²) in [6.45, 7) is 15.4. The van der Waals surface area contributed by atoms with Crippen LogP contribution >= 0.6 is 0 Å². The molecule has 0 radical (unpaired) electrons. The fourth-order valence-corrected chi connectivity index (χ4v) is 1.98. The van der Waals surface area contributed by atoms with Gasteiger partial charge in [0.2, 0.25) is 0 Å². The molecule has 2 nitrogen and oxygen atoms in total. The number of carbonyl (C=O) groups is 1. The largest absolute Gasteiger partial charge is 0.466 e. The van der Waals surface area contributed by atoms with Crippen molar-refractivity contribution >= 4 is 5.97 Å². The molecule has 0 saturated heterocycles. The van der Waals surface area contributed by atoms with Crippen molar-refractivity contribution < 1.29 is 9.53 Å². The molecule has 0 aliphatic carbocycles. The lowest BCUT2D eigenvalue weighted by atomic mass is 9.77. The van der Waals surface area contributed by atoms with E-state index >= 15 is 0 Å². The van der Waals surface area contributed by atoms with E-state index in [1.807, 2.05) is 6.92 Å². The molecule has 0 atom stereocenters. The molecule has 0 aromatic heterocycles. The van der Waals surface area contributed by atoms with Crippen LogP contribution in [0.4, 0.5) is 0 Å². The summed E-state index contributed by atoms with van der Waals surface area (Å²) in [5.74, 6) is -0.00713. The quantitative estimate of drug-likeness (QED) is 0.679. The van der Waals surface area contributed by atoms with Crippen molar-refractivity contribution in [2.75, 3.05) is 6.61 Å². The fourth-order valence-electron chi connectivity index (χ4n) is 1.98. The minimum Gasteiger partial charge on any atom is -0.466 e. The number of rotatable bonds is 4. The van der Waals surface area contributed by atoms with Crippen LogP contribution in [-0.4, -0.2) is 12.6 Å². The van der Waals surface area contributed by atoms with Crippen LogP contribution in [0.2, 0.25) is 0 Å². The first-order valence-electron chi connectivity index (χ1n) is 6.22. The summed E-state index contributed by atoms with van der Waals surface area (Å²) in [5.41, 5.74) is 0.339. The zero-order chi connectivity index (χ0) is 13.0. The zero-order valence-electron chi connectivity index (χ0n) is 12.0. The molecule has 0 rings (SSSR count). The Kier molecular flexibility index (Phi) is 5.51. The van der Waals surface area contributed by atoms with Gasteiger partial charge in [0.1, 0.15) is 0 Å². The molecule has 2 heteroatoms. The molecule has 16 heavy (non-hydrogen) atoms. The Morgan fingerprint density at radius 1 is 1.00 bits per heavy atom. The second kappa shape index (κ2) is 5.70. The van der Waals surface area contributed by atoms with Crippen LogP contribution in [-0.2, 0) is 9.53 Å². The Morgan fingerprint density at radius 3 is 1.62 bits per heavy atom. The van der Waals surface area contributed by atoms with E-state index in [9.17, 15) is 4.79 Å². The summed E-state index contributed by atoms with van der Waals surface area (Å²) in [4.78, 5) is 11.9. The van der Waals surface area contributed by atoms with Gasteiger partial charge in [-0.15, -0.1) is 0 Å². The highest BCUT2D eigenvalue weighted by molar-refractivity contribution is 5.72. The van der Waals surface area contributed by atoms with Crippen LogP contribution in [0, 0.1) is 16.7 Å². The van der Waals surface area contributed by atoms with Gasteiger partial charge in [0, 0.05) is 0 Å². The molecule has 0 bridgehead atoms.